The first-order valence-electron chi connectivity index (χ1n) is 7.61. The van der Waals surface area contributed by atoms with E-state index in [-0.39, 0.29) is 11.2 Å². The molecule has 0 spiro atoms. The summed E-state index contributed by atoms with van der Waals surface area (Å²) in [5.41, 5.74) is 0.932. The normalized spacial score (nSPS) is 16.4. The summed E-state index contributed by atoms with van der Waals surface area (Å²) in [7, 11) is 0. The molecule has 0 aliphatic carbocycles. The van der Waals surface area contributed by atoms with Gasteiger partial charge in [0, 0.05) is 26.2 Å². The largest absolute Gasteiger partial charge is 0.338 e. The molecule has 23 heavy (non-hydrogen) atoms. The molecule has 1 aliphatic rings. The van der Waals surface area contributed by atoms with Crippen molar-refractivity contribution < 1.29 is 4.79 Å². The van der Waals surface area contributed by atoms with Crippen LogP contribution in [-0.2, 0) is 4.79 Å². The fourth-order valence-corrected chi connectivity index (χ4v) is 2.95. The van der Waals surface area contributed by atoms with Crippen LogP contribution in [0.25, 0.3) is 5.69 Å². The highest BCUT2D eigenvalue weighted by Gasteiger charge is 2.26. The lowest BCUT2D eigenvalue weighted by molar-refractivity contribution is -0.130. The highest BCUT2D eigenvalue weighted by atomic mass is 32.2. The zero-order valence-electron chi connectivity index (χ0n) is 13.3. The minimum absolute atomic E-state index is 0.0104. The van der Waals surface area contributed by atoms with Gasteiger partial charge in [0.25, 0.3) is 0 Å². The van der Waals surface area contributed by atoms with E-state index in [4.69, 9.17) is 0 Å². The number of thioether (sulfide) groups is 1. The van der Waals surface area contributed by atoms with Gasteiger partial charge in [-0.25, -0.2) is 0 Å². The minimum Gasteiger partial charge on any atom is -0.338 e. The maximum Gasteiger partial charge on any atom is 0.250 e. The van der Waals surface area contributed by atoms with Crippen LogP contribution in [0.3, 0.4) is 0 Å². The number of para-hydroxylation sites is 1. The van der Waals surface area contributed by atoms with Crippen LogP contribution in [0, 0.1) is 0 Å². The van der Waals surface area contributed by atoms with Gasteiger partial charge in [0.1, 0.15) is 0 Å². The molecule has 1 aliphatic heterocycles. The van der Waals surface area contributed by atoms with Crippen LogP contribution in [-0.4, -0.2) is 68.7 Å². The molecule has 1 aromatic carbocycles. The van der Waals surface area contributed by atoms with E-state index in [2.05, 4.69) is 20.4 Å². The van der Waals surface area contributed by atoms with Crippen LogP contribution in [0.1, 0.15) is 6.92 Å². The van der Waals surface area contributed by atoms with Crippen molar-refractivity contribution >= 4 is 23.6 Å². The van der Waals surface area contributed by atoms with Crippen LogP contribution in [0.5, 0.6) is 0 Å². The first kappa shape index (κ1) is 15.8. The van der Waals surface area contributed by atoms with Gasteiger partial charge in [0.15, 0.2) is 0 Å². The number of anilines is 1. The van der Waals surface area contributed by atoms with Crippen molar-refractivity contribution in [1.82, 2.24) is 25.1 Å². The smallest absolute Gasteiger partial charge is 0.250 e. The summed E-state index contributed by atoms with van der Waals surface area (Å²) in [5, 5.41) is 12.1. The zero-order chi connectivity index (χ0) is 16.2. The molecule has 0 unspecified atom stereocenters. The Morgan fingerprint density at radius 1 is 1.17 bits per heavy atom. The number of hydrogen-bond acceptors (Lipinski definition) is 6. The summed E-state index contributed by atoms with van der Waals surface area (Å²) in [6.45, 7) is 4.83. The van der Waals surface area contributed by atoms with Crippen molar-refractivity contribution in [3.8, 4) is 5.69 Å². The second-order valence-electron chi connectivity index (χ2n) is 5.42. The van der Waals surface area contributed by atoms with Crippen molar-refractivity contribution in [2.45, 2.75) is 12.2 Å². The van der Waals surface area contributed by atoms with Gasteiger partial charge >= 0.3 is 0 Å². The number of carbonyl (C=O) groups excluding carboxylic acids is 1. The van der Waals surface area contributed by atoms with E-state index in [9.17, 15) is 4.79 Å². The highest BCUT2D eigenvalue weighted by molar-refractivity contribution is 7.99. The molecule has 8 heteroatoms. The molecule has 3 rings (SSSR count). The number of aromatic nitrogens is 4. The molecule has 2 heterocycles. The third-order valence-electron chi connectivity index (χ3n) is 4.03. The van der Waals surface area contributed by atoms with Crippen LogP contribution >= 0.6 is 11.8 Å². The predicted octanol–water partition coefficient (Wildman–Crippen LogP) is 1.06. The Labute approximate surface area is 139 Å². The lowest BCUT2D eigenvalue weighted by atomic mass is 10.3. The maximum absolute atomic E-state index is 12.3. The third kappa shape index (κ3) is 3.31. The van der Waals surface area contributed by atoms with Crippen LogP contribution in [0.15, 0.2) is 30.3 Å². The van der Waals surface area contributed by atoms with E-state index >= 15 is 0 Å². The number of rotatable bonds is 4. The van der Waals surface area contributed by atoms with Gasteiger partial charge in [0.2, 0.25) is 11.9 Å². The fourth-order valence-electron chi connectivity index (χ4n) is 2.60. The number of hydrogen-bond donors (Lipinski definition) is 0. The molecule has 1 amide bonds. The summed E-state index contributed by atoms with van der Waals surface area (Å²) in [6.07, 6.45) is 1.97. The van der Waals surface area contributed by atoms with Gasteiger partial charge in [0.05, 0.1) is 10.9 Å². The molecule has 1 atom stereocenters. The second-order valence-corrected chi connectivity index (χ2v) is 6.60. The second kappa shape index (κ2) is 6.99. The Morgan fingerprint density at radius 2 is 1.87 bits per heavy atom. The summed E-state index contributed by atoms with van der Waals surface area (Å²) in [4.78, 5) is 16.3. The van der Waals surface area contributed by atoms with Crippen molar-refractivity contribution in [2.75, 3.05) is 37.3 Å². The number of piperazine rings is 1. The Bertz CT molecular complexity index is 653. The molecule has 1 saturated heterocycles. The topological polar surface area (TPSA) is 67.2 Å². The standard InChI is InChI=1S/C15H20N6OS/c1-12(23-2)14(22)19-8-10-20(11-9-19)15-16-17-18-21(15)13-6-4-3-5-7-13/h3-7,12H,8-11H2,1-2H3/t12-/m0/s1. The van der Waals surface area contributed by atoms with Crippen LogP contribution in [0.2, 0.25) is 0 Å². The average molecular weight is 332 g/mol. The van der Waals surface area contributed by atoms with E-state index < -0.39 is 0 Å². The fraction of sp³-hybridized carbons (Fsp3) is 0.467. The Kier molecular flexibility index (Phi) is 4.80. The van der Waals surface area contributed by atoms with Gasteiger partial charge in [-0.3, -0.25) is 4.79 Å². The average Bonchev–Trinajstić information content (AvgIpc) is 3.11. The Hall–Kier alpha value is -2.09. The van der Waals surface area contributed by atoms with E-state index in [1.165, 1.54) is 0 Å². The SMILES string of the molecule is CS[C@@H](C)C(=O)N1CCN(c2nnnn2-c2ccccc2)CC1. The van der Waals surface area contributed by atoms with Crippen molar-refractivity contribution in [1.29, 1.82) is 0 Å². The van der Waals surface area contributed by atoms with Crippen LogP contribution < -0.4 is 4.90 Å². The molecular formula is C15H20N6OS. The zero-order valence-corrected chi connectivity index (χ0v) is 14.1. The lowest BCUT2D eigenvalue weighted by Crippen LogP contribution is -2.51. The lowest BCUT2D eigenvalue weighted by Gasteiger charge is -2.35. The maximum atomic E-state index is 12.3. The van der Waals surface area contributed by atoms with E-state index in [0.29, 0.717) is 13.1 Å². The van der Waals surface area contributed by atoms with E-state index in [1.807, 2.05) is 48.4 Å². The summed E-state index contributed by atoms with van der Waals surface area (Å²) < 4.78 is 1.74. The third-order valence-corrected chi connectivity index (χ3v) is 4.94. The number of benzene rings is 1. The molecular weight excluding hydrogens is 312 g/mol. The number of tetrazole rings is 1. The van der Waals surface area contributed by atoms with E-state index in [1.54, 1.807) is 16.4 Å². The quantitative estimate of drug-likeness (QED) is 0.834. The van der Waals surface area contributed by atoms with Gasteiger partial charge in [-0.05, 0) is 35.7 Å². The summed E-state index contributed by atoms with van der Waals surface area (Å²) in [6, 6.07) is 9.83. The Balaban J connectivity index is 1.70. The molecule has 0 radical (unpaired) electrons. The first-order valence-corrected chi connectivity index (χ1v) is 8.90. The van der Waals surface area contributed by atoms with Gasteiger partial charge in [-0.2, -0.15) is 16.4 Å². The van der Waals surface area contributed by atoms with Gasteiger partial charge in [-0.1, -0.05) is 23.3 Å². The molecule has 0 saturated carbocycles. The number of carbonyl (C=O) groups is 1. The predicted molar refractivity (Wildman–Crippen MR) is 90.9 cm³/mol. The van der Waals surface area contributed by atoms with Crippen molar-refractivity contribution in [3.63, 3.8) is 0 Å². The van der Waals surface area contributed by atoms with Crippen LogP contribution in [0.4, 0.5) is 5.95 Å². The first-order chi connectivity index (χ1) is 11.2. The minimum atomic E-state index is 0.0104. The van der Waals surface area contributed by atoms with E-state index in [0.717, 1.165) is 24.7 Å². The van der Waals surface area contributed by atoms with Gasteiger partial charge < -0.3 is 9.80 Å². The molecule has 1 fully saturated rings. The van der Waals surface area contributed by atoms with Crippen molar-refractivity contribution in [2.24, 2.45) is 0 Å². The molecule has 122 valence electrons. The highest BCUT2D eigenvalue weighted by Crippen LogP contribution is 2.18. The molecule has 7 nitrogen and oxygen atoms in total. The molecule has 0 bridgehead atoms. The monoisotopic (exact) mass is 332 g/mol. The molecule has 0 N–H and O–H groups in total. The number of amides is 1. The molecule has 2 aromatic rings. The summed E-state index contributed by atoms with van der Waals surface area (Å²) in [5.74, 6) is 0.931. The Morgan fingerprint density at radius 3 is 2.52 bits per heavy atom. The number of nitrogens with zero attached hydrogens (tertiary/aromatic N) is 6. The van der Waals surface area contributed by atoms with Crippen molar-refractivity contribution in [3.05, 3.63) is 30.3 Å². The molecule has 1 aromatic heterocycles. The summed E-state index contributed by atoms with van der Waals surface area (Å²) >= 11 is 1.58. The van der Waals surface area contributed by atoms with Gasteiger partial charge in [-0.15, -0.1) is 0 Å².